The van der Waals surface area contributed by atoms with Crippen molar-refractivity contribution in [1.82, 2.24) is 15.8 Å². The molecular formula is C19H16BrN3O4. The van der Waals surface area contributed by atoms with Crippen molar-refractivity contribution < 1.29 is 19.2 Å². The fourth-order valence-electron chi connectivity index (χ4n) is 2.35. The van der Waals surface area contributed by atoms with Crippen LogP contribution in [0.15, 0.2) is 63.6 Å². The molecule has 0 saturated carbocycles. The van der Waals surface area contributed by atoms with Gasteiger partial charge in [-0.1, -0.05) is 51.4 Å². The van der Waals surface area contributed by atoms with Crippen LogP contribution in [0, 0.1) is 0 Å². The summed E-state index contributed by atoms with van der Waals surface area (Å²) in [5, 5.41) is 18.8. The van der Waals surface area contributed by atoms with E-state index in [2.05, 4.69) is 31.7 Å². The Kier molecular flexibility index (Phi) is 5.87. The Morgan fingerprint density at radius 1 is 1.00 bits per heavy atom. The molecule has 8 heteroatoms. The zero-order valence-corrected chi connectivity index (χ0v) is 15.7. The van der Waals surface area contributed by atoms with Gasteiger partial charge in [-0.25, -0.2) is 0 Å². The number of carbonyl (C=O) groups excluding carboxylic acids is 2. The highest BCUT2D eigenvalue weighted by Crippen LogP contribution is 2.21. The minimum Gasteiger partial charge on any atom is -0.507 e. The number of aromatic hydroxyl groups is 1. The molecule has 2 amide bonds. The molecule has 1 aromatic heterocycles. The summed E-state index contributed by atoms with van der Waals surface area (Å²) < 4.78 is 5.87. The minimum absolute atomic E-state index is 0.115. The zero-order chi connectivity index (χ0) is 19.2. The van der Waals surface area contributed by atoms with Gasteiger partial charge in [0.2, 0.25) is 0 Å². The van der Waals surface area contributed by atoms with E-state index < -0.39 is 11.8 Å². The van der Waals surface area contributed by atoms with E-state index in [1.165, 1.54) is 12.1 Å². The molecule has 0 fully saturated rings. The number of hydrogen-bond donors (Lipinski definition) is 3. The molecule has 7 nitrogen and oxygen atoms in total. The van der Waals surface area contributed by atoms with Gasteiger partial charge >= 0.3 is 0 Å². The Labute approximate surface area is 163 Å². The molecule has 0 unspecified atom stereocenters. The van der Waals surface area contributed by atoms with E-state index in [1.807, 2.05) is 30.3 Å². The Morgan fingerprint density at radius 3 is 2.44 bits per heavy atom. The average Bonchev–Trinajstić information content (AvgIpc) is 3.18. The maximum Gasteiger partial charge on any atom is 0.273 e. The Hall–Kier alpha value is -3.13. The summed E-state index contributed by atoms with van der Waals surface area (Å²) in [7, 11) is 0. The van der Waals surface area contributed by atoms with Gasteiger partial charge in [0.25, 0.3) is 11.8 Å². The predicted molar refractivity (Wildman–Crippen MR) is 102 cm³/mol. The van der Waals surface area contributed by atoms with Crippen LogP contribution < -0.4 is 10.6 Å². The molecule has 27 heavy (non-hydrogen) atoms. The fraction of sp³-hybridized carbons (Fsp3) is 0.105. The van der Waals surface area contributed by atoms with Crippen LogP contribution in [0.3, 0.4) is 0 Å². The van der Waals surface area contributed by atoms with Crippen LogP contribution in [-0.4, -0.2) is 35.2 Å². The Balaban J connectivity index is 1.49. The van der Waals surface area contributed by atoms with E-state index in [0.29, 0.717) is 10.2 Å². The van der Waals surface area contributed by atoms with Crippen LogP contribution in [0.2, 0.25) is 0 Å². The summed E-state index contributed by atoms with van der Waals surface area (Å²) in [6.45, 7) is 0.396. The summed E-state index contributed by atoms with van der Waals surface area (Å²) in [6, 6.07) is 15.5. The van der Waals surface area contributed by atoms with Gasteiger partial charge in [-0.3, -0.25) is 9.59 Å². The zero-order valence-electron chi connectivity index (χ0n) is 14.1. The molecule has 0 saturated heterocycles. The van der Waals surface area contributed by atoms with E-state index in [4.69, 9.17) is 4.52 Å². The smallest absolute Gasteiger partial charge is 0.273 e. The van der Waals surface area contributed by atoms with Crippen molar-refractivity contribution in [2.24, 2.45) is 0 Å². The number of phenolic OH excluding ortho intramolecular Hbond substituents is 1. The fourth-order valence-corrected chi connectivity index (χ4v) is 2.71. The first kappa shape index (κ1) is 18.7. The molecule has 0 spiro atoms. The maximum atomic E-state index is 12.1. The van der Waals surface area contributed by atoms with E-state index in [9.17, 15) is 14.7 Å². The first-order valence-electron chi connectivity index (χ1n) is 8.11. The third-order valence-electron chi connectivity index (χ3n) is 3.70. The second-order valence-electron chi connectivity index (χ2n) is 5.62. The second-order valence-corrected chi connectivity index (χ2v) is 6.53. The molecule has 0 radical (unpaired) electrons. The lowest BCUT2D eigenvalue weighted by Crippen LogP contribution is -2.34. The quantitative estimate of drug-likeness (QED) is 0.522. The lowest BCUT2D eigenvalue weighted by atomic mass is 10.1. The van der Waals surface area contributed by atoms with E-state index in [1.54, 1.807) is 12.1 Å². The molecule has 0 bridgehead atoms. The largest absolute Gasteiger partial charge is 0.507 e. The van der Waals surface area contributed by atoms with Crippen molar-refractivity contribution in [3.05, 3.63) is 70.3 Å². The summed E-state index contributed by atoms with van der Waals surface area (Å²) >= 11 is 3.25. The minimum atomic E-state index is -0.434. The van der Waals surface area contributed by atoms with Gasteiger partial charge in [0.1, 0.15) is 5.75 Å². The Bertz CT molecular complexity index is 957. The molecule has 138 valence electrons. The average molecular weight is 430 g/mol. The van der Waals surface area contributed by atoms with Crippen LogP contribution in [0.25, 0.3) is 11.3 Å². The lowest BCUT2D eigenvalue weighted by molar-refractivity contribution is 0.0921. The van der Waals surface area contributed by atoms with Crippen LogP contribution in [0.5, 0.6) is 5.75 Å². The second kappa shape index (κ2) is 8.50. The number of aromatic nitrogens is 1. The topological polar surface area (TPSA) is 104 Å². The summed E-state index contributed by atoms with van der Waals surface area (Å²) in [6.07, 6.45) is 0. The molecule has 0 atom stereocenters. The summed E-state index contributed by atoms with van der Waals surface area (Å²) in [5.41, 5.74) is 1.13. The number of hydrogen-bond acceptors (Lipinski definition) is 5. The van der Waals surface area contributed by atoms with Crippen LogP contribution in [-0.2, 0) is 0 Å². The predicted octanol–water partition coefficient (Wildman–Crippen LogP) is 2.97. The molecular weight excluding hydrogens is 414 g/mol. The van der Waals surface area contributed by atoms with Crippen LogP contribution in [0.1, 0.15) is 20.8 Å². The molecule has 0 aliphatic heterocycles. The number of carbonyl (C=O) groups is 2. The van der Waals surface area contributed by atoms with Gasteiger partial charge in [-0.15, -0.1) is 0 Å². The molecule has 3 rings (SSSR count). The van der Waals surface area contributed by atoms with Crippen molar-refractivity contribution >= 4 is 27.7 Å². The Morgan fingerprint density at radius 2 is 1.70 bits per heavy atom. The normalized spacial score (nSPS) is 10.4. The summed E-state index contributed by atoms with van der Waals surface area (Å²) in [5.74, 6) is -0.453. The van der Waals surface area contributed by atoms with Crippen molar-refractivity contribution in [1.29, 1.82) is 0 Å². The van der Waals surface area contributed by atoms with E-state index >= 15 is 0 Å². The number of benzene rings is 2. The van der Waals surface area contributed by atoms with Crippen LogP contribution in [0.4, 0.5) is 0 Å². The number of nitrogens with zero attached hydrogens (tertiary/aromatic N) is 1. The van der Waals surface area contributed by atoms with E-state index in [-0.39, 0.29) is 30.1 Å². The highest BCUT2D eigenvalue weighted by molar-refractivity contribution is 9.10. The van der Waals surface area contributed by atoms with Gasteiger partial charge in [0.05, 0.1) is 5.56 Å². The van der Waals surface area contributed by atoms with Crippen molar-refractivity contribution in [2.45, 2.75) is 0 Å². The number of halogens is 1. The third kappa shape index (κ3) is 4.73. The highest BCUT2D eigenvalue weighted by Gasteiger charge is 2.14. The lowest BCUT2D eigenvalue weighted by Gasteiger charge is -2.07. The molecule has 0 aliphatic rings. The molecule has 0 aliphatic carbocycles. The standard InChI is InChI=1S/C19H16BrN3O4/c20-13-6-7-16(24)14(10-13)18(25)21-8-9-22-19(26)15-11-17(27-23-15)12-4-2-1-3-5-12/h1-7,10-11,24H,8-9H2,(H,21,25)(H,22,26). The first-order chi connectivity index (χ1) is 13.0. The highest BCUT2D eigenvalue weighted by atomic mass is 79.9. The molecule has 2 aromatic carbocycles. The molecule has 1 heterocycles. The summed E-state index contributed by atoms with van der Waals surface area (Å²) in [4.78, 5) is 24.2. The number of nitrogens with one attached hydrogen (secondary N) is 2. The van der Waals surface area contributed by atoms with Gasteiger partial charge in [-0.2, -0.15) is 0 Å². The van der Waals surface area contributed by atoms with Gasteiger partial charge in [-0.05, 0) is 18.2 Å². The van der Waals surface area contributed by atoms with Crippen LogP contribution >= 0.6 is 15.9 Å². The third-order valence-corrected chi connectivity index (χ3v) is 4.19. The molecule has 3 aromatic rings. The van der Waals surface area contributed by atoms with Crippen molar-refractivity contribution in [3.8, 4) is 17.1 Å². The van der Waals surface area contributed by atoms with Gasteiger partial charge in [0.15, 0.2) is 11.5 Å². The maximum absolute atomic E-state index is 12.1. The number of rotatable bonds is 6. The van der Waals surface area contributed by atoms with Gasteiger partial charge < -0.3 is 20.3 Å². The first-order valence-corrected chi connectivity index (χ1v) is 8.91. The monoisotopic (exact) mass is 429 g/mol. The van der Waals surface area contributed by atoms with Crippen molar-refractivity contribution in [2.75, 3.05) is 13.1 Å². The SMILES string of the molecule is O=C(NCCNC(=O)c1cc(Br)ccc1O)c1cc(-c2ccccc2)on1. The molecule has 3 N–H and O–H groups in total. The number of phenols is 1. The number of amides is 2. The van der Waals surface area contributed by atoms with Crippen molar-refractivity contribution in [3.63, 3.8) is 0 Å². The van der Waals surface area contributed by atoms with Gasteiger partial charge in [0, 0.05) is 29.2 Å². The van der Waals surface area contributed by atoms with E-state index in [0.717, 1.165) is 5.56 Å².